The molecule has 104 valence electrons. The van der Waals surface area contributed by atoms with Crippen LogP contribution in [0, 0.1) is 11.7 Å². The molecule has 0 bridgehead atoms. The maximum atomic E-state index is 12.9. The Hall–Kier alpha value is -2.37. The summed E-state index contributed by atoms with van der Waals surface area (Å²) >= 11 is 0. The van der Waals surface area contributed by atoms with Gasteiger partial charge in [0.1, 0.15) is 11.7 Å². The van der Waals surface area contributed by atoms with E-state index in [9.17, 15) is 9.18 Å². The predicted octanol–water partition coefficient (Wildman–Crippen LogP) is 1.84. The number of nitrogens with zero attached hydrogens (tertiary/aromatic N) is 3. The third-order valence-electron chi connectivity index (χ3n) is 3.31. The van der Waals surface area contributed by atoms with E-state index >= 15 is 0 Å². The summed E-state index contributed by atoms with van der Waals surface area (Å²) in [6.45, 7) is 4.04. The van der Waals surface area contributed by atoms with Gasteiger partial charge in [0, 0.05) is 24.0 Å². The minimum atomic E-state index is -0.526. The lowest BCUT2D eigenvalue weighted by molar-refractivity contribution is -0.122. The molecule has 1 aromatic rings. The summed E-state index contributed by atoms with van der Waals surface area (Å²) in [5, 5.41) is 4.21. The lowest BCUT2D eigenvalue weighted by Crippen LogP contribution is -2.52. The van der Waals surface area contributed by atoms with E-state index in [0.717, 1.165) is 5.84 Å². The van der Waals surface area contributed by atoms with Crippen LogP contribution in [0.25, 0.3) is 0 Å². The van der Waals surface area contributed by atoms with E-state index in [1.807, 2.05) is 24.9 Å². The molecule has 0 saturated carbocycles. The molecule has 0 fully saturated rings. The summed E-state index contributed by atoms with van der Waals surface area (Å²) in [6, 6.07) is 5.82. The average molecular weight is 274 g/mol. The second-order valence-corrected chi connectivity index (χ2v) is 5.05. The first-order valence-corrected chi connectivity index (χ1v) is 6.46. The van der Waals surface area contributed by atoms with Crippen molar-refractivity contribution < 1.29 is 9.18 Å². The molecule has 2 aliphatic heterocycles. The molecule has 2 heterocycles. The van der Waals surface area contributed by atoms with Crippen LogP contribution in [-0.2, 0) is 4.79 Å². The highest BCUT2D eigenvalue weighted by molar-refractivity contribution is 6.03. The highest BCUT2D eigenvalue weighted by atomic mass is 19.1. The maximum absolute atomic E-state index is 12.9. The van der Waals surface area contributed by atoms with Crippen molar-refractivity contribution in [3.05, 3.63) is 42.5 Å². The van der Waals surface area contributed by atoms with Crippen molar-refractivity contribution in [2.24, 2.45) is 11.0 Å². The van der Waals surface area contributed by atoms with Crippen molar-refractivity contribution in [3.63, 3.8) is 0 Å². The number of hydrogen-bond acceptors (Lipinski definition) is 4. The predicted molar refractivity (Wildman–Crippen MR) is 74.1 cm³/mol. The third kappa shape index (κ3) is 1.93. The van der Waals surface area contributed by atoms with Gasteiger partial charge in [-0.15, -0.1) is 0 Å². The number of benzene rings is 1. The zero-order valence-electron chi connectivity index (χ0n) is 11.2. The molecule has 1 amide bonds. The minimum absolute atomic E-state index is 0.140. The number of hydrazone groups is 1. The lowest BCUT2D eigenvalue weighted by atomic mass is 10.1. The van der Waals surface area contributed by atoms with E-state index < -0.39 is 6.17 Å². The summed E-state index contributed by atoms with van der Waals surface area (Å²) in [6.07, 6.45) is 2.97. The van der Waals surface area contributed by atoms with Gasteiger partial charge in [0.25, 0.3) is 5.91 Å². The van der Waals surface area contributed by atoms with Gasteiger partial charge in [0.05, 0.1) is 0 Å². The first-order chi connectivity index (χ1) is 9.58. The number of rotatable bonds is 2. The normalized spacial score (nSPS) is 21.1. The van der Waals surface area contributed by atoms with Crippen LogP contribution >= 0.6 is 0 Å². The number of amidine groups is 1. The summed E-state index contributed by atoms with van der Waals surface area (Å²) in [5.41, 5.74) is 3.48. The zero-order chi connectivity index (χ0) is 14.3. The Morgan fingerprint density at radius 2 is 1.95 bits per heavy atom. The van der Waals surface area contributed by atoms with Crippen molar-refractivity contribution in [3.8, 4) is 0 Å². The molecule has 0 saturated heterocycles. The number of amides is 1. The zero-order valence-corrected chi connectivity index (χ0v) is 11.2. The standard InChI is InChI=1S/C14H15FN4O/c1-9(2)12-16-17-13-14(20)18(7-8-19(12)13)11-5-3-10(15)4-6-11/h3-9,13,17H,1-2H3. The second-order valence-electron chi connectivity index (χ2n) is 5.05. The fraction of sp³-hybridized carbons (Fsp3) is 0.286. The molecule has 1 unspecified atom stereocenters. The minimum Gasteiger partial charge on any atom is -0.303 e. The number of halogens is 1. The van der Waals surface area contributed by atoms with Crippen LogP contribution in [0.3, 0.4) is 0 Å². The molecule has 0 spiro atoms. The molecule has 1 atom stereocenters. The van der Waals surface area contributed by atoms with Gasteiger partial charge in [-0.25, -0.2) is 4.39 Å². The molecule has 5 nitrogen and oxygen atoms in total. The first kappa shape index (κ1) is 12.7. The van der Waals surface area contributed by atoms with Crippen LogP contribution in [0.1, 0.15) is 13.8 Å². The van der Waals surface area contributed by atoms with Crippen molar-refractivity contribution in [2.45, 2.75) is 20.0 Å². The maximum Gasteiger partial charge on any atom is 0.276 e. The van der Waals surface area contributed by atoms with E-state index in [2.05, 4.69) is 10.5 Å². The van der Waals surface area contributed by atoms with Crippen LogP contribution in [-0.4, -0.2) is 22.8 Å². The molecule has 2 aliphatic rings. The Bertz CT molecular complexity index is 594. The molecular weight excluding hydrogens is 259 g/mol. The van der Waals surface area contributed by atoms with E-state index in [-0.39, 0.29) is 17.6 Å². The van der Waals surface area contributed by atoms with Gasteiger partial charge in [0.2, 0.25) is 6.17 Å². The molecule has 1 aromatic carbocycles. The Morgan fingerprint density at radius 3 is 2.60 bits per heavy atom. The van der Waals surface area contributed by atoms with Gasteiger partial charge < -0.3 is 4.90 Å². The topological polar surface area (TPSA) is 47.9 Å². The van der Waals surface area contributed by atoms with E-state index in [1.54, 1.807) is 18.3 Å². The number of nitrogens with one attached hydrogen (secondary N) is 1. The SMILES string of the molecule is CC(C)C1=NNC2C(=O)N(c3ccc(F)cc3)C=CN12. The monoisotopic (exact) mass is 274 g/mol. The second kappa shape index (κ2) is 4.63. The van der Waals surface area contributed by atoms with Crippen molar-refractivity contribution in [1.82, 2.24) is 10.3 Å². The van der Waals surface area contributed by atoms with E-state index in [0.29, 0.717) is 5.69 Å². The van der Waals surface area contributed by atoms with Crippen LogP contribution in [0.2, 0.25) is 0 Å². The van der Waals surface area contributed by atoms with Crippen molar-refractivity contribution in [1.29, 1.82) is 0 Å². The van der Waals surface area contributed by atoms with E-state index in [1.165, 1.54) is 17.0 Å². The fourth-order valence-corrected chi connectivity index (χ4v) is 2.30. The van der Waals surface area contributed by atoms with Gasteiger partial charge in [0.15, 0.2) is 0 Å². The van der Waals surface area contributed by atoms with Gasteiger partial charge in [-0.2, -0.15) is 5.10 Å². The Balaban J connectivity index is 1.88. The molecule has 20 heavy (non-hydrogen) atoms. The summed E-state index contributed by atoms with van der Waals surface area (Å²) in [4.78, 5) is 15.8. The van der Waals surface area contributed by atoms with Crippen molar-refractivity contribution in [2.75, 3.05) is 4.90 Å². The Labute approximate surface area is 116 Å². The molecule has 1 N–H and O–H groups in total. The quantitative estimate of drug-likeness (QED) is 0.895. The molecule has 3 rings (SSSR count). The molecule has 0 aromatic heterocycles. The van der Waals surface area contributed by atoms with Gasteiger partial charge in [-0.05, 0) is 24.3 Å². The van der Waals surface area contributed by atoms with Crippen LogP contribution in [0.5, 0.6) is 0 Å². The van der Waals surface area contributed by atoms with Gasteiger partial charge >= 0.3 is 0 Å². The number of carbonyl (C=O) groups excluding carboxylic acids is 1. The van der Waals surface area contributed by atoms with E-state index in [4.69, 9.17) is 0 Å². The highest BCUT2D eigenvalue weighted by Crippen LogP contribution is 2.24. The van der Waals surface area contributed by atoms with Crippen LogP contribution < -0.4 is 10.3 Å². The summed E-state index contributed by atoms with van der Waals surface area (Å²) in [7, 11) is 0. The Kier molecular flexibility index (Phi) is 2.93. The smallest absolute Gasteiger partial charge is 0.276 e. The number of fused-ring (bicyclic) bond motifs is 1. The summed E-state index contributed by atoms with van der Waals surface area (Å²) < 4.78 is 12.9. The lowest BCUT2D eigenvalue weighted by Gasteiger charge is -2.32. The molecule has 0 aliphatic carbocycles. The largest absolute Gasteiger partial charge is 0.303 e. The van der Waals surface area contributed by atoms with Gasteiger partial charge in [-0.3, -0.25) is 15.1 Å². The molecular formula is C14H15FN4O. The van der Waals surface area contributed by atoms with Crippen LogP contribution in [0.4, 0.5) is 10.1 Å². The summed E-state index contributed by atoms with van der Waals surface area (Å²) in [5.74, 6) is 0.590. The number of hydrogen-bond donors (Lipinski definition) is 1. The number of anilines is 1. The van der Waals surface area contributed by atoms with Crippen LogP contribution in [0.15, 0.2) is 41.8 Å². The third-order valence-corrected chi connectivity index (χ3v) is 3.31. The van der Waals surface area contributed by atoms with Crippen molar-refractivity contribution >= 4 is 17.4 Å². The molecule has 0 radical (unpaired) electrons. The highest BCUT2D eigenvalue weighted by Gasteiger charge is 2.38. The van der Waals surface area contributed by atoms with Gasteiger partial charge in [-0.1, -0.05) is 13.8 Å². The average Bonchev–Trinajstić information content (AvgIpc) is 2.85. The Morgan fingerprint density at radius 1 is 1.25 bits per heavy atom. The molecule has 6 heteroatoms. The first-order valence-electron chi connectivity index (χ1n) is 6.46. The fourth-order valence-electron chi connectivity index (χ4n) is 2.30. The number of carbonyl (C=O) groups is 1.